The van der Waals surface area contributed by atoms with Crippen LogP contribution in [0, 0.1) is 0 Å². The van der Waals surface area contributed by atoms with Gasteiger partial charge in [-0.05, 0) is 49.2 Å². The molecular weight excluding hydrogens is 370 g/mol. The predicted octanol–water partition coefficient (Wildman–Crippen LogP) is 3.45. The van der Waals surface area contributed by atoms with Crippen LogP contribution in [0.2, 0.25) is 0 Å². The fourth-order valence-electron chi connectivity index (χ4n) is 2.79. The second kappa shape index (κ2) is 8.24. The van der Waals surface area contributed by atoms with E-state index in [1.165, 1.54) is 28.2 Å². The Kier molecular flexibility index (Phi) is 6.01. The molecule has 0 bridgehead atoms. The summed E-state index contributed by atoms with van der Waals surface area (Å²) in [5.41, 5.74) is 0.520. The van der Waals surface area contributed by atoms with E-state index in [1.54, 1.807) is 19.2 Å². The molecule has 0 aromatic heterocycles. The van der Waals surface area contributed by atoms with Gasteiger partial charge in [0.1, 0.15) is 5.75 Å². The third-order valence-corrected chi connectivity index (χ3v) is 7.23. The van der Waals surface area contributed by atoms with E-state index in [0.717, 1.165) is 23.5 Å². The Morgan fingerprint density at radius 3 is 2.23 bits per heavy atom. The van der Waals surface area contributed by atoms with Gasteiger partial charge < -0.3 is 4.74 Å². The van der Waals surface area contributed by atoms with E-state index in [0.29, 0.717) is 24.4 Å². The molecule has 2 aromatic carbocycles. The molecule has 0 aliphatic carbocycles. The molecule has 1 aliphatic rings. The van der Waals surface area contributed by atoms with Gasteiger partial charge in [-0.2, -0.15) is 4.31 Å². The number of nitrogens with zero attached hydrogens (tertiary/aromatic N) is 1. The molecule has 1 aliphatic heterocycles. The molecule has 0 spiro atoms. The lowest BCUT2D eigenvalue weighted by molar-refractivity contribution is 0.102. The molecule has 1 heterocycles. The first-order valence-corrected chi connectivity index (χ1v) is 10.8. The van der Waals surface area contributed by atoms with E-state index in [-0.39, 0.29) is 10.7 Å². The maximum Gasteiger partial charge on any atom is 0.243 e. The fourth-order valence-corrected chi connectivity index (χ4v) is 5.10. The number of ether oxygens (including phenoxy) is 1. The van der Waals surface area contributed by atoms with E-state index in [4.69, 9.17) is 4.74 Å². The Bertz CT molecular complexity index is 855. The van der Waals surface area contributed by atoms with E-state index in [2.05, 4.69) is 0 Å². The number of thioether (sulfide) groups is 1. The molecule has 0 N–H and O–H groups in total. The van der Waals surface area contributed by atoms with Crippen molar-refractivity contribution in [2.24, 2.45) is 0 Å². The van der Waals surface area contributed by atoms with Gasteiger partial charge in [-0.25, -0.2) is 8.42 Å². The molecule has 5 nitrogen and oxygen atoms in total. The number of carbonyl (C=O) groups is 1. The highest BCUT2D eigenvalue weighted by atomic mass is 32.2. The normalized spacial score (nSPS) is 15.1. The Morgan fingerprint density at radius 2 is 1.65 bits per heavy atom. The highest BCUT2D eigenvalue weighted by Crippen LogP contribution is 2.24. The first-order valence-electron chi connectivity index (χ1n) is 8.41. The van der Waals surface area contributed by atoms with Crippen LogP contribution in [0.1, 0.15) is 23.2 Å². The quantitative estimate of drug-likeness (QED) is 0.534. The van der Waals surface area contributed by atoms with Gasteiger partial charge in [0, 0.05) is 23.5 Å². The lowest BCUT2D eigenvalue weighted by Crippen LogP contribution is -2.27. The largest absolute Gasteiger partial charge is 0.497 e. The maximum absolute atomic E-state index is 12.5. The number of sulfonamides is 1. The molecule has 7 heteroatoms. The van der Waals surface area contributed by atoms with Crippen LogP contribution in [0.5, 0.6) is 5.75 Å². The van der Waals surface area contributed by atoms with Crippen LogP contribution in [-0.4, -0.2) is 44.5 Å². The zero-order chi connectivity index (χ0) is 18.6. The molecular formula is C19H21NO4S2. The smallest absolute Gasteiger partial charge is 0.243 e. The molecule has 3 rings (SSSR count). The monoisotopic (exact) mass is 391 g/mol. The number of methoxy groups -OCH3 is 1. The van der Waals surface area contributed by atoms with Crippen molar-refractivity contribution in [1.82, 2.24) is 4.31 Å². The molecule has 2 aromatic rings. The van der Waals surface area contributed by atoms with Crippen molar-refractivity contribution in [3.8, 4) is 5.75 Å². The zero-order valence-corrected chi connectivity index (χ0v) is 16.2. The molecule has 1 fully saturated rings. The van der Waals surface area contributed by atoms with E-state index in [1.807, 2.05) is 24.3 Å². The zero-order valence-electron chi connectivity index (χ0n) is 14.6. The van der Waals surface area contributed by atoms with Crippen LogP contribution in [0.4, 0.5) is 0 Å². The minimum Gasteiger partial charge on any atom is -0.497 e. The van der Waals surface area contributed by atoms with Crippen molar-refractivity contribution in [2.75, 3.05) is 26.0 Å². The second-order valence-electron chi connectivity index (χ2n) is 6.02. The SMILES string of the molecule is COc1ccc(SCC(=O)c2ccc(S(=O)(=O)N3CCCC3)cc2)cc1. The van der Waals surface area contributed by atoms with Crippen LogP contribution in [0.25, 0.3) is 0 Å². The van der Waals surface area contributed by atoms with Crippen LogP contribution >= 0.6 is 11.8 Å². The summed E-state index contributed by atoms with van der Waals surface area (Å²) in [4.78, 5) is 13.6. The van der Waals surface area contributed by atoms with Crippen LogP contribution in [0.3, 0.4) is 0 Å². The van der Waals surface area contributed by atoms with Crippen molar-refractivity contribution < 1.29 is 17.9 Å². The van der Waals surface area contributed by atoms with Gasteiger partial charge >= 0.3 is 0 Å². The summed E-state index contributed by atoms with van der Waals surface area (Å²) in [7, 11) is -1.83. The number of carbonyl (C=O) groups excluding carboxylic acids is 1. The highest BCUT2D eigenvalue weighted by Gasteiger charge is 2.27. The number of Topliss-reactive ketones (excluding diaryl/α,β-unsaturated/α-hetero) is 1. The third kappa shape index (κ3) is 4.28. The first-order chi connectivity index (χ1) is 12.5. The molecule has 1 saturated heterocycles. The van der Waals surface area contributed by atoms with Gasteiger partial charge in [0.15, 0.2) is 5.78 Å². The van der Waals surface area contributed by atoms with Crippen LogP contribution in [0.15, 0.2) is 58.3 Å². The molecule has 26 heavy (non-hydrogen) atoms. The summed E-state index contributed by atoms with van der Waals surface area (Å²) in [5, 5.41) is 0. The molecule has 0 amide bonds. The van der Waals surface area contributed by atoms with Gasteiger partial charge in [-0.15, -0.1) is 11.8 Å². The van der Waals surface area contributed by atoms with Gasteiger partial charge in [-0.3, -0.25) is 4.79 Å². The standard InChI is InChI=1S/C19H21NO4S2/c1-24-16-6-8-17(9-7-16)25-14-19(21)15-4-10-18(11-5-15)26(22,23)20-12-2-3-13-20/h4-11H,2-3,12-14H2,1H3. The average molecular weight is 392 g/mol. The van der Waals surface area contributed by atoms with Crippen molar-refractivity contribution in [2.45, 2.75) is 22.6 Å². The van der Waals surface area contributed by atoms with Gasteiger partial charge in [0.2, 0.25) is 10.0 Å². The minimum absolute atomic E-state index is 0.0315. The van der Waals surface area contributed by atoms with E-state index in [9.17, 15) is 13.2 Å². The summed E-state index contributed by atoms with van der Waals surface area (Å²) in [6.07, 6.45) is 1.80. The lowest BCUT2D eigenvalue weighted by Gasteiger charge is -2.15. The Balaban J connectivity index is 1.63. The van der Waals surface area contributed by atoms with E-state index >= 15 is 0 Å². The minimum atomic E-state index is -3.44. The molecule has 138 valence electrons. The van der Waals surface area contributed by atoms with E-state index < -0.39 is 10.0 Å². The summed E-state index contributed by atoms with van der Waals surface area (Å²) >= 11 is 1.44. The highest BCUT2D eigenvalue weighted by molar-refractivity contribution is 8.00. The van der Waals surface area contributed by atoms with Crippen molar-refractivity contribution in [1.29, 1.82) is 0 Å². The lowest BCUT2D eigenvalue weighted by atomic mass is 10.1. The number of ketones is 1. The Hall–Kier alpha value is -1.83. The number of hydrogen-bond donors (Lipinski definition) is 0. The maximum atomic E-state index is 12.5. The summed E-state index contributed by atoms with van der Waals surface area (Å²) in [6.45, 7) is 1.14. The summed E-state index contributed by atoms with van der Waals surface area (Å²) in [6, 6.07) is 13.8. The molecule has 0 atom stereocenters. The number of hydrogen-bond acceptors (Lipinski definition) is 5. The molecule has 0 saturated carbocycles. The topological polar surface area (TPSA) is 63.7 Å². The van der Waals surface area contributed by atoms with Crippen molar-refractivity contribution in [3.05, 3.63) is 54.1 Å². The number of rotatable bonds is 7. The fraction of sp³-hybridized carbons (Fsp3) is 0.316. The van der Waals surface area contributed by atoms with Crippen LogP contribution in [-0.2, 0) is 10.0 Å². The van der Waals surface area contributed by atoms with Crippen molar-refractivity contribution >= 4 is 27.6 Å². The average Bonchev–Trinajstić information content (AvgIpc) is 3.22. The summed E-state index contributed by atoms with van der Waals surface area (Å²) in [5.74, 6) is 1.04. The molecule has 0 radical (unpaired) electrons. The van der Waals surface area contributed by atoms with Crippen molar-refractivity contribution in [3.63, 3.8) is 0 Å². The summed E-state index contributed by atoms with van der Waals surface area (Å²) < 4.78 is 31.6. The Labute approximate surface area is 158 Å². The number of benzene rings is 2. The van der Waals surface area contributed by atoms with Crippen LogP contribution < -0.4 is 4.74 Å². The molecule has 0 unspecified atom stereocenters. The second-order valence-corrected chi connectivity index (χ2v) is 9.01. The predicted molar refractivity (Wildman–Crippen MR) is 102 cm³/mol. The first kappa shape index (κ1) is 18.9. The van der Waals surface area contributed by atoms with Gasteiger partial charge in [0.25, 0.3) is 0 Å². The Morgan fingerprint density at radius 1 is 1.04 bits per heavy atom. The van der Waals surface area contributed by atoms with Gasteiger partial charge in [0.05, 0.1) is 17.8 Å². The van der Waals surface area contributed by atoms with Gasteiger partial charge in [-0.1, -0.05) is 12.1 Å². The third-order valence-electron chi connectivity index (χ3n) is 4.31.